The Morgan fingerprint density at radius 2 is 1.75 bits per heavy atom. The first-order valence-electron chi connectivity index (χ1n) is 6.20. The third-order valence-corrected chi connectivity index (χ3v) is 5.64. The molecule has 0 unspecified atom stereocenters. The quantitative estimate of drug-likeness (QED) is 0.539. The van der Waals surface area contributed by atoms with Gasteiger partial charge in [-0.25, -0.2) is 4.98 Å². The number of thiazole rings is 1. The van der Waals surface area contributed by atoms with Gasteiger partial charge in [0.2, 0.25) is 0 Å². The third kappa shape index (κ3) is 3.51. The van der Waals surface area contributed by atoms with Crippen molar-refractivity contribution in [1.29, 1.82) is 0 Å². The lowest BCUT2D eigenvalue weighted by molar-refractivity contribution is 1.36. The molecule has 0 bridgehead atoms. The topological polar surface area (TPSA) is 12.9 Å². The van der Waals surface area contributed by atoms with Gasteiger partial charge in [0.1, 0.15) is 5.01 Å². The van der Waals surface area contributed by atoms with Crippen LogP contribution in [0, 0.1) is 0 Å². The maximum atomic E-state index is 4.51. The van der Waals surface area contributed by atoms with Crippen LogP contribution in [0.3, 0.4) is 0 Å². The van der Waals surface area contributed by atoms with Gasteiger partial charge in [-0.15, -0.1) is 23.1 Å². The predicted molar refractivity (Wildman–Crippen MR) is 91.3 cm³/mol. The molecule has 0 fully saturated rings. The fourth-order valence-corrected chi connectivity index (χ4v) is 3.98. The zero-order valence-corrected chi connectivity index (χ0v) is 13.8. The van der Waals surface area contributed by atoms with Gasteiger partial charge in [0.15, 0.2) is 0 Å². The van der Waals surface area contributed by atoms with Crippen LogP contribution < -0.4 is 0 Å². The summed E-state index contributed by atoms with van der Waals surface area (Å²) >= 11 is 7.04. The van der Waals surface area contributed by atoms with E-state index in [-0.39, 0.29) is 0 Å². The molecule has 0 atom stereocenters. The second kappa shape index (κ2) is 6.57. The van der Waals surface area contributed by atoms with E-state index in [1.54, 1.807) is 11.3 Å². The second-order valence-corrected chi connectivity index (χ2v) is 7.49. The minimum Gasteiger partial charge on any atom is -0.243 e. The van der Waals surface area contributed by atoms with Crippen molar-refractivity contribution in [2.24, 2.45) is 0 Å². The summed E-state index contributed by atoms with van der Waals surface area (Å²) in [6, 6.07) is 18.8. The Bertz CT molecular complexity index is 677. The van der Waals surface area contributed by atoms with Crippen molar-refractivity contribution < 1.29 is 0 Å². The SMILES string of the molecule is Brc1ccc(-c2ncc(SCc3ccccc3)s2)cc1. The van der Waals surface area contributed by atoms with Gasteiger partial charge in [0.05, 0.1) is 10.4 Å². The lowest BCUT2D eigenvalue weighted by atomic mass is 10.2. The Morgan fingerprint density at radius 3 is 2.50 bits per heavy atom. The Labute approximate surface area is 135 Å². The van der Waals surface area contributed by atoms with E-state index in [2.05, 4.69) is 57.3 Å². The summed E-state index contributed by atoms with van der Waals surface area (Å²) in [5.41, 5.74) is 2.51. The van der Waals surface area contributed by atoms with Crippen molar-refractivity contribution in [3.63, 3.8) is 0 Å². The first kappa shape index (κ1) is 13.9. The molecule has 0 aliphatic heterocycles. The fourth-order valence-electron chi connectivity index (χ4n) is 1.78. The molecule has 0 aliphatic rings. The molecule has 0 saturated heterocycles. The summed E-state index contributed by atoms with van der Waals surface area (Å²) in [6.07, 6.45) is 1.97. The summed E-state index contributed by atoms with van der Waals surface area (Å²) in [5.74, 6) is 0.989. The number of hydrogen-bond acceptors (Lipinski definition) is 3. The van der Waals surface area contributed by atoms with Crippen molar-refractivity contribution in [2.75, 3.05) is 0 Å². The van der Waals surface area contributed by atoms with Crippen molar-refractivity contribution >= 4 is 39.0 Å². The standard InChI is InChI=1S/C16H12BrNS2/c17-14-8-6-13(7-9-14)16-18-10-15(20-16)19-11-12-4-2-1-3-5-12/h1-10H,11H2. The van der Waals surface area contributed by atoms with Gasteiger partial charge < -0.3 is 0 Å². The Hall–Kier alpha value is -1.10. The van der Waals surface area contributed by atoms with E-state index in [0.29, 0.717) is 0 Å². The van der Waals surface area contributed by atoms with E-state index in [1.165, 1.54) is 15.3 Å². The molecule has 0 saturated carbocycles. The molecule has 0 spiro atoms. The first-order valence-corrected chi connectivity index (χ1v) is 8.79. The van der Waals surface area contributed by atoms with Crippen LogP contribution in [0.1, 0.15) is 5.56 Å². The van der Waals surface area contributed by atoms with Gasteiger partial charge in [-0.2, -0.15) is 0 Å². The van der Waals surface area contributed by atoms with E-state index in [9.17, 15) is 0 Å². The molecule has 100 valence electrons. The number of halogens is 1. The summed E-state index contributed by atoms with van der Waals surface area (Å²) in [5, 5.41) is 1.08. The van der Waals surface area contributed by atoms with Gasteiger partial charge in [0, 0.05) is 15.8 Å². The molecular formula is C16H12BrNS2. The highest BCUT2D eigenvalue weighted by Gasteiger charge is 2.05. The Balaban J connectivity index is 1.69. The molecule has 20 heavy (non-hydrogen) atoms. The summed E-state index contributed by atoms with van der Waals surface area (Å²) in [7, 11) is 0. The lowest BCUT2D eigenvalue weighted by Crippen LogP contribution is -1.76. The second-order valence-electron chi connectivity index (χ2n) is 4.27. The molecule has 1 aromatic heterocycles. The average molecular weight is 362 g/mol. The van der Waals surface area contributed by atoms with Crippen molar-refractivity contribution in [3.8, 4) is 10.6 Å². The third-order valence-electron chi connectivity index (χ3n) is 2.80. The summed E-state index contributed by atoms with van der Waals surface area (Å²) in [4.78, 5) is 4.51. The van der Waals surface area contributed by atoms with E-state index in [4.69, 9.17) is 0 Å². The molecule has 0 radical (unpaired) electrons. The highest BCUT2D eigenvalue weighted by Crippen LogP contribution is 2.33. The van der Waals surface area contributed by atoms with Crippen LogP contribution in [0.15, 0.2) is 69.5 Å². The maximum absolute atomic E-state index is 4.51. The molecule has 4 heteroatoms. The molecule has 3 aromatic rings. The number of nitrogens with zero attached hydrogens (tertiary/aromatic N) is 1. The van der Waals surface area contributed by atoms with Crippen LogP contribution in [0.2, 0.25) is 0 Å². The summed E-state index contributed by atoms with van der Waals surface area (Å²) < 4.78 is 2.35. The first-order chi connectivity index (χ1) is 9.81. The van der Waals surface area contributed by atoms with Crippen LogP contribution in [-0.2, 0) is 5.75 Å². The van der Waals surface area contributed by atoms with Crippen LogP contribution in [-0.4, -0.2) is 4.98 Å². The smallest absolute Gasteiger partial charge is 0.124 e. The van der Waals surface area contributed by atoms with Crippen molar-refractivity contribution in [3.05, 3.63) is 70.8 Å². The van der Waals surface area contributed by atoms with Crippen LogP contribution in [0.4, 0.5) is 0 Å². The van der Waals surface area contributed by atoms with Crippen LogP contribution in [0.5, 0.6) is 0 Å². The van der Waals surface area contributed by atoms with Crippen LogP contribution >= 0.6 is 39.0 Å². The van der Waals surface area contributed by atoms with Gasteiger partial charge in [0.25, 0.3) is 0 Å². The highest BCUT2D eigenvalue weighted by molar-refractivity contribution is 9.10. The molecule has 0 amide bonds. The van der Waals surface area contributed by atoms with E-state index in [1.807, 2.05) is 36.2 Å². The number of hydrogen-bond donors (Lipinski definition) is 0. The molecule has 2 aromatic carbocycles. The van der Waals surface area contributed by atoms with E-state index < -0.39 is 0 Å². The average Bonchev–Trinajstić information content (AvgIpc) is 2.96. The molecule has 0 N–H and O–H groups in total. The normalized spacial score (nSPS) is 10.7. The van der Waals surface area contributed by atoms with E-state index >= 15 is 0 Å². The number of benzene rings is 2. The fraction of sp³-hybridized carbons (Fsp3) is 0.0625. The molecule has 1 nitrogen and oxygen atoms in total. The predicted octanol–water partition coefficient (Wildman–Crippen LogP) is 5.86. The van der Waals surface area contributed by atoms with Crippen molar-refractivity contribution in [2.45, 2.75) is 9.96 Å². The Morgan fingerprint density at radius 1 is 1.00 bits per heavy atom. The number of thioether (sulfide) groups is 1. The van der Waals surface area contributed by atoms with Crippen molar-refractivity contribution in [1.82, 2.24) is 4.98 Å². The zero-order chi connectivity index (χ0) is 13.8. The van der Waals surface area contributed by atoms with Gasteiger partial charge in [-0.3, -0.25) is 0 Å². The van der Waals surface area contributed by atoms with Gasteiger partial charge >= 0.3 is 0 Å². The molecular weight excluding hydrogens is 350 g/mol. The van der Waals surface area contributed by atoms with Gasteiger partial charge in [-0.05, 0) is 17.7 Å². The molecule has 0 aliphatic carbocycles. The minimum absolute atomic E-state index is 0.989. The maximum Gasteiger partial charge on any atom is 0.124 e. The minimum atomic E-state index is 0.989. The van der Waals surface area contributed by atoms with E-state index in [0.717, 1.165) is 15.2 Å². The number of aromatic nitrogens is 1. The lowest BCUT2D eigenvalue weighted by Gasteiger charge is -1.98. The molecule has 3 rings (SSSR count). The zero-order valence-electron chi connectivity index (χ0n) is 10.6. The highest BCUT2D eigenvalue weighted by atomic mass is 79.9. The van der Waals surface area contributed by atoms with Gasteiger partial charge in [-0.1, -0.05) is 58.4 Å². The number of rotatable bonds is 4. The van der Waals surface area contributed by atoms with Crippen LogP contribution in [0.25, 0.3) is 10.6 Å². The summed E-state index contributed by atoms with van der Waals surface area (Å²) in [6.45, 7) is 0. The molecule has 1 heterocycles. The monoisotopic (exact) mass is 361 g/mol. The Kier molecular flexibility index (Phi) is 4.55. The largest absolute Gasteiger partial charge is 0.243 e.